The largest absolute Gasteiger partial charge is 0.379 e. The molecule has 0 radical (unpaired) electrons. The Balaban J connectivity index is 1.54. The van der Waals surface area contributed by atoms with Crippen LogP contribution in [0.4, 0.5) is 15.9 Å². The summed E-state index contributed by atoms with van der Waals surface area (Å²) < 4.78 is 46.3. The van der Waals surface area contributed by atoms with Gasteiger partial charge in [0.25, 0.3) is 0 Å². The minimum absolute atomic E-state index is 0.130. The first kappa shape index (κ1) is 22.2. The molecule has 1 N–H and O–H groups in total. The molecule has 0 unspecified atom stereocenters. The summed E-state index contributed by atoms with van der Waals surface area (Å²) in [6.45, 7) is 1.33. The molecule has 4 aromatic rings. The predicted octanol–water partition coefficient (Wildman–Crippen LogP) is 4.92. The third-order valence-corrected chi connectivity index (χ3v) is 8.43. The fourth-order valence-electron chi connectivity index (χ4n) is 3.64. The average molecular weight is 505 g/mol. The summed E-state index contributed by atoms with van der Waals surface area (Å²) in [4.78, 5) is 9.58. The highest BCUT2D eigenvalue weighted by molar-refractivity contribution is 7.89. The number of nitrogens with one attached hydrogen (secondary N) is 1. The smallest absolute Gasteiger partial charge is 0.243 e. The monoisotopic (exact) mass is 504 g/mol. The summed E-state index contributed by atoms with van der Waals surface area (Å²) >= 11 is 7.84. The van der Waals surface area contributed by atoms with Crippen LogP contribution >= 0.6 is 22.9 Å². The Bertz CT molecular complexity index is 1420. The van der Waals surface area contributed by atoms with Gasteiger partial charge in [0.1, 0.15) is 22.8 Å². The Morgan fingerprint density at radius 3 is 2.61 bits per heavy atom. The van der Waals surface area contributed by atoms with Gasteiger partial charge < -0.3 is 10.1 Å². The summed E-state index contributed by atoms with van der Waals surface area (Å²) in [5.74, 6) is 0.154. The molecule has 1 aliphatic heterocycles. The number of nitrogens with zero attached hydrogens (tertiary/aromatic N) is 3. The van der Waals surface area contributed by atoms with E-state index in [-0.39, 0.29) is 10.7 Å². The van der Waals surface area contributed by atoms with Crippen LogP contribution in [0.25, 0.3) is 21.3 Å². The van der Waals surface area contributed by atoms with Crippen molar-refractivity contribution in [3.63, 3.8) is 0 Å². The van der Waals surface area contributed by atoms with Crippen molar-refractivity contribution < 1.29 is 17.5 Å². The lowest BCUT2D eigenvalue weighted by molar-refractivity contribution is 0.0730. The number of anilines is 2. The van der Waals surface area contributed by atoms with Gasteiger partial charge in [-0.05, 0) is 35.9 Å². The fourth-order valence-corrected chi connectivity index (χ4v) is 6.15. The predicted molar refractivity (Wildman–Crippen MR) is 127 cm³/mol. The molecule has 0 saturated carbocycles. The molecule has 2 aromatic heterocycles. The number of hydrogen-bond acceptors (Lipinski definition) is 7. The highest BCUT2D eigenvalue weighted by Crippen LogP contribution is 2.38. The quantitative estimate of drug-likeness (QED) is 0.415. The van der Waals surface area contributed by atoms with Crippen LogP contribution in [0.15, 0.2) is 59.1 Å². The average Bonchev–Trinajstić information content (AvgIpc) is 3.27. The molecule has 0 aliphatic carbocycles. The van der Waals surface area contributed by atoms with Crippen LogP contribution in [0.3, 0.4) is 0 Å². The van der Waals surface area contributed by atoms with E-state index in [1.807, 2.05) is 5.38 Å². The minimum atomic E-state index is -3.69. The van der Waals surface area contributed by atoms with E-state index in [4.69, 9.17) is 16.3 Å². The van der Waals surface area contributed by atoms with Crippen LogP contribution in [0, 0.1) is 5.82 Å². The van der Waals surface area contributed by atoms with Crippen LogP contribution in [-0.2, 0) is 14.8 Å². The lowest BCUT2D eigenvalue weighted by Crippen LogP contribution is -2.40. The molecule has 0 spiro atoms. The van der Waals surface area contributed by atoms with Gasteiger partial charge in [-0.1, -0.05) is 23.7 Å². The van der Waals surface area contributed by atoms with Crippen LogP contribution in [0.2, 0.25) is 5.02 Å². The molecule has 1 saturated heterocycles. The molecular formula is C22H18ClFN4O3S2. The number of thiophene rings is 1. The minimum Gasteiger partial charge on any atom is -0.379 e. The summed E-state index contributed by atoms with van der Waals surface area (Å²) in [6.07, 6.45) is 1.43. The Hall–Kier alpha value is -2.63. The van der Waals surface area contributed by atoms with Gasteiger partial charge in [0.15, 0.2) is 0 Å². The van der Waals surface area contributed by atoms with Gasteiger partial charge in [-0.15, -0.1) is 11.3 Å². The first-order chi connectivity index (χ1) is 15.9. The number of hydrogen-bond donors (Lipinski definition) is 1. The van der Waals surface area contributed by atoms with Crippen molar-refractivity contribution in [1.82, 2.24) is 14.3 Å². The second kappa shape index (κ2) is 8.96. The fraction of sp³-hybridized carbons (Fsp3) is 0.182. The maximum absolute atomic E-state index is 13.4. The zero-order chi connectivity index (χ0) is 23.0. The van der Waals surface area contributed by atoms with Crippen LogP contribution in [0.1, 0.15) is 0 Å². The van der Waals surface area contributed by atoms with Gasteiger partial charge in [0, 0.05) is 24.0 Å². The molecular weight excluding hydrogens is 487 g/mol. The topological polar surface area (TPSA) is 84.4 Å². The summed E-state index contributed by atoms with van der Waals surface area (Å²) in [5, 5.41) is 6.20. The Kier molecular flexibility index (Phi) is 6.02. The normalized spacial score (nSPS) is 15.1. The van der Waals surface area contributed by atoms with Gasteiger partial charge in [-0.3, -0.25) is 0 Å². The van der Waals surface area contributed by atoms with Crippen LogP contribution in [-0.4, -0.2) is 49.0 Å². The summed E-state index contributed by atoms with van der Waals surface area (Å²) in [7, 11) is -3.69. The molecule has 5 rings (SSSR count). The molecule has 0 atom stereocenters. The van der Waals surface area contributed by atoms with Crippen LogP contribution in [0.5, 0.6) is 0 Å². The van der Waals surface area contributed by atoms with Crippen molar-refractivity contribution in [3.8, 4) is 11.1 Å². The number of aromatic nitrogens is 2. The van der Waals surface area contributed by atoms with E-state index in [9.17, 15) is 12.8 Å². The number of benzene rings is 2. The Labute approximate surface area is 198 Å². The molecule has 170 valence electrons. The molecule has 1 aliphatic rings. The zero-order valence-electron chi connectivity index (χ0n) is 17.2. The van der Waals surface area contributed by atoms with E-state index in [1.54, 1.807) is 18.2 Å². The van der Waals surface area contributed by atoms with E-state index < -0.39 is 10.0 Å². The third kappa shape index (κ3) is 4.32. The highest BCUT2D eigenvalue weighted by Gasteiger charge is 2.27. The SMILES string of the molecule is O=S(=O)(c1ccc(Cl)c(Nc2ncnc3scc(-c4ccc(F)cc4)c23)c1)N1CCOCC1. The molecule has 0 bridgehead atoms. The van der Waals surface area contributed by atoms with Crippen LogP contribution < -0.4 is 5.32 Å². The number of fused-ring (bicyclic) bond motifs is 1. The number of ether oxygens (including phenoxy) is 1. The van der Waals surface area contributed by atoms with Crippen molar-refractivity contribution in [3.05, 3.63) is 65.0 Å². The van der Waals surface area contributed by atoms with Crippen molar-refractivity contribution in [2.75, 3.05) is 31.6 Å². The van der Waals surface area contributed by atoms with E-state index in [2.05, 4.69) is 15.3 Å². The molecule has 1 fully saturated rings. The standard InChI is InChI=1S/C22H18ClFN4O3S2/c23-18-6-5-16(33(29,30)28-7-9-31-10-8-28)11-19(18)27-21-20-17(12-32-22(20)26-13-25-21)14-1-3-15(24)4-2-14/h1-6,11-13H,7-10H2,(H,25,26,27). The van der Waals surface area contributed by atoms with Crippen molar-refractivity contribution in [2.45, 2.75) is 4.90 Å². The van der Waals surface area contributed by atoms with Gasteiger partial charge in [0.2, 0.25) is 10.0 Å². The lowest BCUT2D eigenvalue weighted by Gasteiger charge is -2.26. The number of halogens is 2. The summed E-state index contributed by atoms with van der Waals surface area (Å²) in [6, 6.07) is 10.7. The maximum Gasteiger partial charge on any atom is 0.243 e. The maximum atomic E-state index is 13.4. The highest BCUT2D eigenvalue weighted by atomic mass is 35.5. The first-order valence-electron chi connectivity index (χ1n) is 10.1. The lowest BCUT2D eigenvalue weighted by atomic mass is 10.1. The summed E-state index contributed by atoms with van der Waals surface area (Å²) in [5.41, 5.74) is 2.06. The molecule has 3 heterocycles. The van der Waals surface area contributed by atoms with Crippen molar-refractivity contribution in [2.24, 2.45) is 0 Å². The zero-order valence-corrected chi connectivity index (χ0v) is 19.6. The molecule has 0 amide bonds. The molecule has 33 heavy (non-hydrogen) atoms. The van der Waals surface area contributed by atoms with E-state index in [0.717, 1.165) is 21.3 Å². The Morgan fingerprint density at radius 1 is 1.09 bits per heavy atom. The first-order valence-corrected chi connectivity index (χ1v) is 12.8. The third-order valence-electron chi connectivity index (χ3n) is 5.32. The molecule has 11 heteroatoms. The van der Waals surface area contributed by atoms with Gasteiger partial charge in [-0.25, -0.2) is 22.8 Å². The van der Waals surface area contributed by atoms with E-state index in [1.165, 1.54) is 46.2 Å². The molecule has 2 aromatic carbocycles. The van der Waals surface area contributed by atoms with E-state index in [0.29, 0.717) is 42.8 Å². The Morgan fingerprint density at radius 2 is 1.85 bits per heavy atom. The van der Waals surface area contributed by atoms with Crippen molar-refractivity contribution in [1.29, 1.82) is 0 Å². The van der Waals surface area contributed by atoms with Crippen molar-refractivity contribution >= 4 is 54.7 Å². The van der Waals surface area contributed by atoms with Gasteiger partial charge in [-0.2, -0.15) is 4.31 Å². The number of morpholine rings is 1. The number of sulfonamides is 1. The number of rotatable bonds is 5. The van der Waals surface area contributed by atoms with E-state index >= 15 is 0 Å². The second-order valence-electron chi connectivity index (χ2n) is 7.34. The van der Waals surface area contributed by atoms with Gasteiger partial charge >= 0.3 is 0 Å². The second-order valence-corrected chi connectivity index (χ2v) is 10.5. The van der Waals surface area contributed by atoms with Gasteiger partial charge in [0.05, 0.1) is 34.2 Å². The molecule has 7 nitrogen and oxygen atoms in total.